The fraction of sp³-hybridized carbons (Fsp3) is 0.400. The van der Waals surface area contributed by atoms with Gasteiger partial charge in [-0.15, -0.1) is 0 Å². The summed E-state index contributed by atoms with van der Waals surface area (Å²) in [5.74, 6) is -2.56. The predicted molar refractivity (Wildman–Crippen MR) is 160 cm³/mol. The van der Waals surface area contributed by atoms with Gasteiger partial charge in [0.25, 0.3) is 0 Å². The van der Waals surface area contributed by atoms with E-state index < -0.39 is 52.2 Å². The summed E-state index contributed by atoms with van der Waals surface area (Å²) >= 11 is 0.728. The number of thiazole rings is 1. The third kappa shape index (κ3) is 5.07. The number of alkyl halides is 4. The van der Waals surface area contributed by atoms with Crippen LogP contribution in [0.15, 0.2) is 30.9 Å². The van der Waals surface area contributed by atoms with E-state index in [0.717, 1.165) is 42.0 Å². The Labute approximate surface area is 262 Å². The molecule has 3 N–H and O–H groups in total. The standard InChI is InChI=1S/C30H27F6N7O2S/c1-2-20(44)42-11-15(12-42)38-26-17-8-18(30(34,35)36)21(16-4-5-19(32)25-24(16)39-27(37)46-25)22(33)23(17)40-28(41-26)45-13-29-6-3-7-43(29)10-14(31)9-29/h2,4-5,8,14-15H,1,3,6-7,9-13H2,(H2,37,39)(H,38,40,41). The molecule has 242 valence electrons. The topological polar surface area (TPSA) is 110 Å². The number of hydrogen-bond donors (Lipinski definition) is 2. The van der Waals surface area contributed by atoms with E-state index in [2.05, 4.69) is 26.8 Å². The van der Waals surface area contributed by atoms with E-state index in [0.29, 0.717) is 13.0 Å². The third-order valence-electron chi connectivity index (χ3n) is 8.94. The van der Waals surface area contributed by atoms with E-state index in [1.165, 1.54) is 4.90 Å². The van der Waals surface area contributed by atoms with Crippen molar-refractivity contribution in [2.45, 2.75) is 43.2 Å². The summed E-state index contributed by atoms with van der Waals surface area (Å²) in [4.78, 5) is 28.0. The number of rotatable bonds is 7. The second kappa shape index (κ2) is 11.0. The Balaban J connectivity index is 1.37. The minimum atomic E-state index is -5.06. The minimum absolute atomic E-state index is 0.00476. The van der Waals surface area contributed by atoms with Crippen molar-refractivity contribution in [3.8, 4) is 17.1 Å². The molecule has 2 aromatic heterocycles. The normalized spacial score (nSPS) is 22.0. The van der Waals surface area contributed by atoms with Gasteiger partial charge in [0.05, 0.1) is 27.4 Å². The zero-order valence-electron chi connectivity index (χ0n) is 24.1. The van der Waals surface area contributed by atoms with E-state index >= 15 is 4.39 Å². The number of nitrogens with one attached hydrogen (secondary N) is 1. The number of fused-ring (bicyclic) bond motifs is 3. The van der Waals surface area contributed by atoms with Gasteiger partial charge >= 0.3 is 12.2 Å². The number of nitrogen functional groups attached to an aromatic ring is 1. The molecule has 5 heterocycles. The zero-order valence-corrected chi connectivity index (χ0v) is 25.0. The first kappa shape index (κ1) is 30.5. The fourth-order valence-electron chi connectivity index (χ4n) is 6.78. The Bertz CT molecular complexity index is 1900. The highest BCUT2D eigenvalue weighted by Crippen LogP contribution is 2.46. The van der Waals surface area contributed by atoms with Gasteiger partial charge in [0, 0.05) is 42.6 Å². The Hall–Kier alpha value is -4.18. The molecule has 1 amide bonds. The molecule has 46 heavy (non-hydrogen) atoms. The molecule has 0 spiro atoms. The molecule has 0 radical (unpaired) electrons. The highest BCUT2D eigenvalue weighted by atomic mass is 32.1. The highest BCUT2D eigenvalue weighted by Gasteiger charge is 2.49. The molecule has 7 rings (SSSR count). The molecule has 3 aliphatic rings. The number of nitrogens with zero attached hydrogens (tertiary/aromatic N) is 5. The summed E-state index contributed by atoms with van der Waals surface area (Å²) < 4.78 is 95.4. The van der Waals surface area contributed by atoms with Crippen LogP contribution in [0.2, 0.25) is 0 Å². The van der Waals surface area contributed by atoms with Crippen molar-refractivity contribution >= 4 is 49.3 Å². The molecule has 0 bridgehead atoms. The van der Waals surface area contributed by atoms with Crippen molar-refractivity contribution < 1.29 is 35.9 Å². The Morgan fingerprint density at radius 1 is 1.20 bits per heavy atom. The maximum atomic E-state index is 16.6. The summed E-state index contributed by atoms with van der Waals surface area (Å²) in [6, 6.07) is 1.95. The van der Waals surface area contributed by atoms with Crippen LogP contribution in [0.25, 0.3) is 32.2 Å². The van der Waals surface area contributed by atoms with Crippen molar-refractivity contribution in [1.29, 1.82) is 0 Å². The van der Waals surface area contributed by atoms with Crippen LogP contribution in [0.1, 0.15) is 24.8 Å². The SMILES string of the molecule is C=CC(=O)N1CC(Nc2nc(OCC34CCCN3CC(F)C4)nc3c(F)c(-c4ccc(F)c5sc(N)nc45)c(C(F)(F)F)cc23)C1. The molecule has 16 heteroatoms. The van der Waals surface area contributed by atoms with Gasteiger partial charge in [-0.2, -0.15) is 23.1 Å². The number of likely N-dealkylation sites (tertiary alicyclic amines) is 1. The molecule has 3 fully saturated rings. The number of nitrogens with two attached hydrogens (primary N) is 1. The molecule has 2 aromatic carbocycles. The first-order valence-electron chi connectivity index (χ1n) is 14.5. The van der Waals surface area contributed by atoms with E-state index in [1.807, 2.05) is 4.90 Å². The minimum Gasteiger partial charge on any atom is -0.461 e. The number of benzene rings is 2. The van der Waals surface area contributed by atoms with E-state index in [1.54, 1.807) is 0 Å². The molecule has 2 unspecified atom stereocenters. The van der Waals surface area contributed by atoms with Gasteiger partial charge < -0.3 is 20.7 Å². The molecule has 3 saturated heterocycles. The van der Waals surface area contributed by atoms with Gasteiger partial charge in [-0.05, 0) is 43.7 Å². The van der Waals surface area contributed by atoms with Crippen LogP contribution in [0.3, 0.4) is 0 Å². The number of ether oxygens (including phenoxy) is 1. The monoisotopic (exact) mass is 663 g/mol. The van der Waals surface area contributed by atoms with Crippen LogP contribution in [0.4, 0.5) is 37.3 Å². The van der Waals surface area contributed by atoms with Crippen molar-refractivity contribution in [1.82, 2.24) is 24.8 Å². The summed E-state index contributed by atoms with van der Waals surface area (Å²) in [6.07, 6.45) is -3.19. The highest BCUT2D eigenvalue weighted by molar-refractivity contribution is 7.22. The fourth-order valence-corrected chi connectivity index (χ4v) is 7.55. The Kier molecular flexibility index (Phi) is 7.27. The number of carbonyl (C=O) groups is 1. The average Bonchev–Trinajstić information content (AvgIpc) is 3.65. The molecule has 9 nitrogen and oxygen atoms in total. The first-order chi connectivity index (χ1) is 21.9. The van der Waals surface area contributed by atoms with Crippen LogP contribution in [-0.2, 0) is 11.0 Å². The predicted octanol–water partition coefficient (Wildman–Crippen LogP) is 5.55. The largest absolute Gasteiger partial charge is 0.461 e. The number of anilines is 2. The smallest absolute Gasteiger partial charge is 0.417 e. The first-order valence-corrected chi connectivity index (χ1v) is 15.3. The van der Waals surface area contributed by atoms with E-state index in [9.17, 15) is 26.7 Å². The van der Waals surface area contributed by atoms with Gasteiger partial charge in [-0.3, -0.25) is 9.69 Å². The molecular weight excluding hydrogens is 636 g/mol. The van der Waals surface area contributed by atoms with Gasteiger partial charge in [-0.25, -0.2) is 18.2 Å². The van der Waals surface area contributed by atoms with Crippen LogP contribution in [0.5, 0.6) is 6.01 Å². The lowest BCUT2D eigenvalue weighted by atomic mass is 9.95. The molecular formula is C30H27F6N7O2S. The summed E-state index contributed by atoms with van der Waals surface area (Å²) in [7, 11) is 0. The summed E-state index contributed by atoms with van der Waals surface area (Å²) in [5, 5.41) is 2.63. The van der Waals surface area contributed by atoms with Crippen molar-refractivity contribution in [2.24, 2.45) is 0 Å². The van der Waals surface area contributed by atoms with Crippen LogP contribution in [0, 0.1) is 11.6 Å². The Morgan fingerprint density at radius 3 is 2.72 bits per heavy atom. The lowest BCUT2D eigenvalue weighted by Gasteiger charge is -2.39. The molecule has 0 saturated carbocycles. The van der Waals surface area contributed by atoms with Crippen LogP contribution < -0.4 is 15.8 Å². The summed E-state index contributed by atoms with van der Waals surface area (Å²) in [6.45, 7) is 4.81. The van der Waals surface area contributed by atoms with E-state index in [-0.39, 0.29) is 76.7 Å². The lowest BCUT2D eigenvalue weighted by Crippen LogP contribution is -2.56. The number of halogens is 6. The lowest BCUT2D eigenvalue weighted by molar-refractivity contribution is -0.137. The summed E-state index contributed by atoms with van der Waals surface area (Å²) in [5.41, 5.74) is 1.90. The van der Waals surface area contributed by atoms with Crippen molar-refractivity contribution in [3.63, 3.8) is 0 Å². The number of aromatic nitrogens is 3. The maximum Gasteiger partial charge on any atom is 0.417 e. The third-order valence-corrected chi connectivity index (χ3v) is 9.83. The quantitative estimate of drug-likeness (QED) is 0.196. The van der Waals surface area contributed by atoms with Crippen molar-refractivity contribution in [2.75, 3.05) is 43.8 Å². The zero-order chi connectivity index (χ0) is 32.5. The number of hydrogen-bond acceptors (Lipinski definition) is 9. The number of carbonyl (C=O) groups excluding carboxylic acids is 1. The average molecular weight is 664 g/mol. The molecule has 2 atom stereocenters. The van der Waals surface area contributed by atoms with Gasteiger partial charge in [0.15, 0.2) is 10.9 Å². The van der Waals surface area contributed by atoms with Crippen molar-refractivity contribution in [3.05, 3.63) is 48.1 Å². The maximum absolute atomic E-state index is 16.6. The van der Waals surface area contributed by atoms with Gasteiger partial charge in [0.1, 0.15) is 29.9 Å². The van der Waals surface area contributed by atoms with E-state index in [4.69, 9.17) is 10.5 Å². The second-order valence-electron chi connectivity index (χ2n) is 11.8. The van der Waals surface area contributed by atoms with Gasteiger partial charge in [-0.1, -0.05) is 17.9 Å². The molecule has 4 aromatic rings. The Morgan fingerprint density at radius 2 is 1.98 bits per heavy atom. The molecule has 3 aliphatic heterocycles. The van der Waals surface area contributed by atoms with Crippen LogP contribution in [-0.4, -0.2) is 81.2 Å². The van der Waals surface area contributed by atoms with Gasteiger partial charge in [0.2, 0.25) is 5.91 Å². The molecule has 0 aliphatic carbocycles. The number of amides is 1. The van der Waals surface area contributed by atoms with Crippen LogP contribution >= 0.6 is 11.3 Å². The second-order valence-corrected chi connectivity index (χ2v) is 12.9.